The summed E-state index contributed by atoms with van der Waals surface area (Å²) in [6.07, 6.45) is 0.483. The van der Waals surface area contributed by atoms with Gasteiger partial charge >= 0.3 is 6.18 Å². The lowest BCUT2D eigenvalue weighted by Gasteiger charge is -2.35. The molecular weight excluding hydrogens is 367 g/mol. The number of piperazine rings is 1. The lowest BCUT2D eigenvalue weighted by Crippen LogP contribution is -2.45. The summed E-state index contributed by atoms with van der Waals surface area (Å²) in [4.78, 5) is 4.43. The standard InChI is InChI=1S/C20H26F3N5/c1-27-7-9-28(10-8-27)19-6-5-15(20(21,22)23)11-14(19)12-24-17-3-2-4-18-16(17)13-25-26-18/h5-6,11,13,17,24H,2-4,7-10,12H2,1H3,(H,25,26)/t17-/m0/s1. The van der Waals surface area contributed by atoms with Gasteiger partial charge in [-0.25, -0.2) is 0 Å². The Labute approximate surface area is 162 Å². The molecule has 2 N–H and O–H groups in total. The first-order chi connectivity index (χ1) is 13.4. The van der Waals surface area contributed by atoms with Gasteiger partial charge in [-0.05, 0) is 50.1 Å². The zero-order valence-corrected chi connectivity index (χ0v) is 16.0. The summed E-state index contributed by atoms with van der Waals surface area (Å²) in [5, 5.41) is 10.6. The number of hydrogen-bond donors (Lipinski definition) is 2. The molecule has 1 atom stereocenters. The fraction of sp³-hybridized carbons (Fsp3) is 0.550. The van der Waals surface area contributed by atoms with Crippen LogP contribution in [-0.4, -0.2) is 48.3 Å². The van der Waals surface area contributed by atoms with Crippen LogP contribution in [0.25, 0.3) is 0 Å². The van der Waals surface area contributed by atoms with Crippen LogP contribution in [0.3, 0.4) is 0 Å². The van der Waals surface area contributed by atoms with Gasteiger partial charge in [0.05, 0.1) is 11.8 Å². The highest BCUT2D eigenvalue weighted by Crippen LogP contribution is 2.34. The molecule has 2 heterocycles. The maximum absolute atomic E-state index is 13.3. The number of aromatic nitrogens is 2. The highest BCUT2D eigenvalue weighted by molar-refractivity contribution is 5.56. The van der Waals surface area contributed by atoms with E-state index in [0.717, 1.165) is 62.4 Å². The zero-order valence-electron chi connectivity index (χ0n) is 16.0. The van der Waals surface area contributed by atoms with Crippen molar-refractivity contribution in [1.82, 2.24) is 20.4 Å². The van der Waals surface area contributed by atoms with Gasteiger partial charge in [-0.1, -0.05) is 0 Å². The summed E-state index contributed by atoms with van der Waals surface area (Å²) < 4.78 is 39.9. The minimum atomic E-state index is -4.34. The molecule has 4 rings (SSSR count). The molecule has 0 spiro atoms. The third-order valence-corrected chi connectivity index (χ3v) is 5.84. The van der Waals surface area contributed by atoms with Crippen LogP contribution in [0.5, 0.6) is 0 Å². The van der Waals surface area contributed by atoms with Crippen molar-refractivity contribution in [3.8, 4) is 0 Å². The molecule has 1 aromatic heterocycles. The zero-order chi connectivity index (χ0) is 19.7. The van der Waals surface area contributed by atoms with Crippen LogP contribution in [0.1, 0.15) is 41.3 Å². The number of hydrogen-bond acceptors (Lipinski definition) is 4. The molecule has 152 valence electrons. The van der Waals surface area contributed by atoms with E-state index in [-0.39, 0.29) is 6.04 Å². The number of H-pyrrole nitrogens is 1. The molecule has 0 radical (unpaired) electrons. The molecule has 8 heteroatoms. The second-order valence-electron chi connectivity index (χ2n) is 7.76. The predicted molar refractivity (Wildman–Crippen MR) is 102 cm³/mol. The van der Waals surface area contributed by atoms with Crippen LogP contribution in [-0.2, 0) is 19.1 Å². The van der Waals surface area contributed by atoms with Gasteiger partial charge in [-0.15, -0.1) is 0 Å². The molecule has 1 saturated heterocycles. The number of anilines is 1. The van der Waals surface area contributed by atoms with Gasteiger partial charge in [-0.3, -0.25) is 5.10 Å². The Morgan fingerprint density at radius 1 is 1.21 bits per heavy atom. The Kier molecular flexibility index (Phi) is 5.33. The van der Waals surface area contributed by atoms with Crippen LogP contribution in [0, 0.1) is 0 Å². The van der Waals surface area contributed by atoms with Gasteiger partial charge < -0.3 is 15.1 Å². The van der Waals surface area contributed by atoms with Crippen molar-refractivity contribution in [3.05, 3.63) is 46.8 Å². The van der Waals surface area contributed by atoms with Crippen molar-refractivity contribution in [2.45, 2.75) is 38.0 Å². The maximum atomic E-state index is 13.3. The predicted octanol–water partition coefficient (Wildman–Crippen LogP) is 3.35. The summed E-state index contributed by atoms with van der Waals surface area (Å²) in [5.74, 6) is 0. The normalized spacial score (nSPS) is 21.0. The first-order valence-electron chi connectivity index (χ1n) is 9.81. The third kappa shape index (κ3) is 4.03. The van der Waals surface area contributed by atoms with Gasteiger partial charge in [0.1, 0.15) is 0 Å². The summed E-state index contributed by atoms with van der Waals surface area (Å²) in [6, 6.07) is 4.26. The highest BCUT2D eigenvalue weighted by atomic mass is 19.4. The molecule has 2 aromatic rings. The molecule has 1 aliphatic heterocycles. The number of likely N-dealkylation sites (N-methyl/N-ethyl adjacent to an activating group) is 1. The second-order valence-corrected chi connectivity index (χ2v) is 7.76. The van der Waals surface area contributed by atoms with Gasteiger partial charge in [0.15, 0.2) is 0 Å². The number of alkyl halides is 3. The summed E-state index contributed by atoms with van der Waals surface area (Å²) in [6.45, 7) is 3.87. The number of aromatic amines is 1. The maximum Gasteiger partial charge on any atom is 0.416 e. The Hall–Kier alpha value is -2.06. The van der Waals surface area contributed by atoms with E-state index < -0.39 is 11.7 Å². The molecule has 2 aliphatic rings. The Morgan fingerprint density at radius 3 is 2.75 bits per heavy atom. The highest BCUT2D eigenvalue weighted by Gasteiger charge is 2.32. The second kappa shape index (κ2) is 7.75. The number of benzene rings is 1. The molecule has 1 fully saturated rings. The van der Waals surface area contributed by atoms with Gasteiger partial charge in [0.2, 0.25) is 0 Å². The first-order valence-corrected chi connectivity index (χ1v) is 9.81. The first kappa shape index (κ1) is 19.3. The largest absolute Gasteiger partial charge is 0.416 e. The summed E-state index contributed by atoms with van der Waals surface area (Å²) >= 11 is 0. The molecule has 0 unspecified atom stereocenters. The number of nitrogens with zero attached hydrogens (tertiary/aromatic N) is 3. The summed E-state index contributed by atoms with van der Waals surface area (Å²) in [5.41, 5.74) is 3.29. The van der Waals surface area contributed by atoms with Gasteiger partial charge in [0.25, 0.3) is 0 Å². The van der Waals surface area contributed by atoms with E-state index in [1.807, 2.05) is 6.20 Å². The van der Waals surface area contributed by atoms with Crippen molar-refractivity contribution < 1.29 is 13.2 Å². The SMILES string of the molecule is CN1CCN(c2ccc(C(F)(F)F)cc2CN[C@H]2CCCc3[nH]ncc32)CC1. The molecule has 28 heavy (non-hydrogen) atoms. The van der Waals surface area contributed by atoms with Crippen LogP contribution in [0.15, 0.2) is 24.4 Å². The van der Waals surface area contributed by atoms with Crippen LogP contribution < -0.4 is 10.2 Å². The van der Waals surface area contributed by atoms with Crippen LogP contribution in [0.2, 0.25) is 0 Å². The lowest BCUT2D eigenvalue weighted by molar-refractivity contribution is -0.137. The smallest absolute Gasteiger partial charge is 0.369 e. The third-order valence-electron chi connectivity index (χ3n) is 5.84. The van der Waals surface area contributed by atoms with E-state index in [4.69, 9.17) is 0 Å². The Balaban J connectivity index is 1.57. The fourth-order valence-corrected chi connectivity index (χ4v) is 4.17. The number of fused-ring (bicyclic) bond motifs is 1. The van der Waals surface area contributed by atoms with Gasteiger partial charge in [-0.2, -0.15) is 18.3 Å². The van der Waals surface area contributed by atoms with E-state index in [1.165, 1.54) is 12.1 Å². The van der Waals surface area contributed by atoms with E-state index in [0.29, 0.717) is 12.1 Å². The molecule has 0 saturated carbocycles. The lowest BCUT2D eigenvalue weighted by atomic mass is 9.93. The quantitative estimate of drug-likeness (QED) is 0.837. The molecule has 0 amide bonds. The average molecular weight is 393 g/mol. The molecular formula is C20H26F3N5. The number of aryl methyl sites for hydroxylation is 1. The minimum Gasteiger partial charge on any atom is -0.369 e. The van der Waals surface area contributed by atoms with E-state index in [1.54, 1.807) is 6.07 Å². The van der Waals surface area contributed by atoms with E-state index in [9.17, 15) is 13.2 Å². The van der Waals surface area contributed by atoms with E-state index in [2.05, 4.69) is 32.4 Å². The average Bonchev–Trinajstić information content (AvgIpc) is 3.15. The Morgan fingerprint density at radius 2 is 2.00 bits per heavy atom. The topological polar surface area (TPSA) is 47.2 Å². The van der Waals surface area contributed by atoms with Crippen molar-refractivity contribution in [1.29, 1.82) is 0 Å². The molecule has 1 aromatic carbocycles. The molecule has 1 aliphatic carbocycles. The van der Waals surface area contributed by atoms with Crippen molar-refractivity contribution >= 4 is 5.69 Å². The minimum absolute atomic E-state index is 0.123. The van der Waals surface area contributed by atoms with E-state index >= 15 is 0 Å². The van der Waals surface area contributed by atoms with Crippen LogP contribution in [0.4, 0.5) is 18.9 Å². The van der Waals surface area contributed by atoms with Crippen LogP contribution >= 0.6 is 0 Å². The fourth-order valence-electron chi connectivity index (χ4n) is 4.17. The number of rotatable bonds is 4. The van der Waals surface area contributed by atoms with Crippen molar-refractivity contribution in [3.63, 3.8) is 0 Å². The molecule has 0 bridgehead atoms. The summed E-state index contributed by atoms with van der Waals surface area (Å²) in [7, 11) is 2.07. The monoisotopic (exact) mass is 393 g/mol. The Bertz CT molecular complexity index is 808. The molecule has 5 nitrogen and oxygen atoms in total. The van der Waals surface area contributed by atoms with Crippen molar-refractivity contribution in [2.24, 2.45) is 0 Å². The number of nitrogens with one attached hydrogen (secondary N) is 2. The van der Waals surface area contributed by atoms with Crippen molar-refractivity contribution in [2.75, 3.05) is 38.1 Å². The van der Waals surface area contributed by atoms with Gasteiger partial charge in [0, 0.05) is 55.7 Å². The number of halogens is 3.